The van der Waals surface area contributed by atoms with E-state index in [9.17, 15) is 0 Å². The van der Waals surface area contributed by atoms with Crippen LogP contribution in [0.5, 0.6) is 0 Å². The SMILES string of the molecule is [CH2]C1CC(C)CC(C)C1C. The molecule has 0 heterocycles. The Hall–Kier alpha value is 0. The molecule has 59 valence electrons. The van der Waals surface area contributed by atoms with E-state index in [4.69, 9.17) is 0 Å². The topological polar surface area (TPSA) is 0 Å². The van der Waals surface area contributed by atoms with Crippen LogP contribution in [-0.4, -0.2) is 0 Å². The highest BCUT2D eigenvalue weighted by Gasteiger charge is 2.27. The van der Waals surface area contributed by atoms with Crippen LogP contribution in [0.4, 0.5) is 0 Å². The minimum atomic E-state index is 0.707. The third-order valence-corrected chi connectivity index (χ3v) is 3.12. The lowest BCUT2D eigenvalue weighted by atomic mass is 9.71. The van der Waals surface area contributed by atoms with Gasteiger partial charge in [-0.1, -0.05) is 20.8 Å². The molecule has 1 rings (SSSR count). The molecule has 0 bridgehead atoms. The highest BCUT2D eigenvalue weighted by atomic mass is 14.3. The van der Waals surface area contributed by atoms with Gasteiger partial charge in [-0.2, -0.15) is 0 Å². The predicted molar refractivity (Wildman–Crippen MR) is 45.6 cm³/mol. The van der Waals surface area contributed by atoms with Gasteiger partial charge in [-0.3, -0.25) is 0 Å². The summed E-state index contributed by atoms with van der Waals surface area (Å²) in [4.78, 5) is 0. The van der Waals surface area contributed by atoms with Gasteiger partial charge in [0.25, 0.3) is 0 Å². The van der Waals surface area contributed by atoms with Gasteiger partial charge in [0.2, 0.25) is 0 Å². The zero-order chi connectivity index (χ0) is 7.72. The molecule has 1 aliphatic rings. The summed E-state index contributed by atoms with van der Waals surface area (Å²) in [5, 5.41) is 0. The fraction of sp³-hybridized carbons (Fsp3) is 0.900. The first-order chi connectivity index (χ1) is 4.61. The summed E-state index contributed by atoms with van der Waals surface area (Å²) >= 11 is 0. The zero-order valence-electron chi connectivity index (χ0n) is 7.43. The van der Waals surface area contributed by atoms with Crippen LogP contribution in [-0.2, 0) is 0 Å². The van der Waals surface area contributed by atoms with Crippen LogP contribution in [0.1, 0.15) is 33.6 Å². The summed E-state index contributed by atoms with van der Waals surface area (Å²) in [5.41, 5.74) is 0. The molecule has 1 radical (unpaired) electrons. The Morgan fingerprint density at radius 1 is 1.10 bits per heavy atom. The highest BCUT2D eigenvalue weighted by Crippen LogP contribution is 2.36. The van der Waals surface area contributed by atoms with Crippen molar-refractivity contribution in [2.45, 2.75) is 33.6 Å². The van der Waals surface area contributed by atoms with E-state index < -0.39 is 0 Å². The Morgan fingerprint density at radius 3 is 2.20 bits per heavy atom. The van der Waals surface area contributed by atoms with Crippen LogP contribution in [0.3, 0.4) is 0 Å². The Bertz CT molecular complexity index is 94.6. The minimum absolute atomic E-state index is 0.707. The fourth-order valence-corrected chi connectivity index (χ4v) is 2.14. The molecule has 0 N–H and O–H groups in total. The maximum absolute atomic E-state index is 4.18. The summed E-state index contributed by atoms with van der Waals surface area (Å²) in [6.45, 7) is 11.2. The van der Waals surface area contributed by atoms with Crippen LogP contribution in [0, 0.1) is 30.6 Å². The van der Waals surface area contributed by atoms with Crippen molar-refractivity contribution in [2.75, 3.05) is 0 Å². The Labute approximate surface area is 65.0 Å². The summed E-state index contributed by atoms with van der Waals surface area (Å²) in [7, 11) is 0. The fourth-order valence-electron chi connectivity index (χ4n) is 2.14. The molecular formula is C10H19. The second-order valence-corrected chi connectivity index (χ2v) is 4.17. The largest absolute Gasteiger partial charge is 0.0625 e. The van der Waals surface area contributed by atoms with Gasteiger partial charge in [-0.15, -0.1) is 0 Å². The quantitative estimate of drug-likeness (QED) is 0.483. The van der Waals surface area contributed by atoms with Crippen LogP contribution in [0.25, 0.3) is 0 Å². The van der Waals surface area contributed by atoms with Gasteiger partial charge >= 0.3 is 0 Å². The molecule has 0 aromatic heterocycles. The molecule has 1 fully saturated rings. The third-order valence-electron chi connectivity index (χ3n) is 3.12. The lowest BCUT2D eigenvalue weighted by molar-refractivity contribution is 0.168. The van der Waals surface area contributed by atoms with Gasteiger partial charge in [0.05, 0.1) is 0 Å². The van der Waals surface area contributed by atoms with Gasteiger partial charge in [-0.05, 0) is 43.4 Å². The van der Waals surface area contributed by atoms with Crippen molar-refractivity contribution in [1.29, 1.82) is 0 Å². The van der Waals surface area contributed by atoms with E-state index in [0.717, 1.165) is 17.8 Å². The number of rotatable bonds is 0. The minimum Gasteiger partial charge on any atom is -0.0625 e. The van der Waals surface area contributed by atoms with E-state index in [0.29, 0.717) is 5.92 Å². The molecule has 0 nitrogen and oxygen atoms in total. The molecule has 1 aliphatic carbocycles. The molecule has 10 heavy (non-hydrogen) atoms. The van der Waals surface area contributed by atoms with E-state index >= 15 is 0 Å². The van der Waals surface area contributed by atoms with Crippen molar-refractivity contribution in [1.82, 2.24) is 0 Å². The van der Waals surface area contributed by atoms with E-state index in [2.05, 4.69) is 27.7 Å². The van der Waals surface area contributed by atoms with Crippen LogP contribution >= 0.6 is 0 Å². The van der Waals surface area contributed by atoms with Gasteiger partial charge in [0.15, 0.2) is 0 Å². The lowest BCUT2D eigenvalue weighted by Crippen LogP contribution is -2.26. The monoisotopic (exact) mass is 139 g/mol. The second-order valence-electron chi connectivity index (χ2n) is 4.17. The summed E-state index contributed by atoms with van der Waals surface area (Å²) in [6.07, 6.45) is 2.75. The molecule has 4 atom stereocenters. The van der Waals surface area contributed by atoms with Crippen LogP contribution < -0.4 is 0 Å². The number of hydrogen-bond acceptors (Lipinski definition) is 0. The molecular weight excluding hydrogens is 120 g/mol. The molecule has 0 amide bonds. The molecule has 0 aromatic rings. The summed E-state index contributed by atoms with van der Waals surface area (Å²) in [6, 6.07) is 0. The van der Waals surface area contributed by atoms with Crippen molar-refractivity contribution in [3.63, 3.8) is 0 Å². The van der Waals surface area contributed by atoms with Crippen molar-refractivity contribution in [2.24, 2.45) is 23.7 Å². The molecule has 0 heteroatoms. The van der Waals surface area contributed by atoms with Crippen LogP contribution in [0.15, 0.2) is 0 Å². The molecule has 0 aliphatic heterocycles. The third kappa shape index (κ3) is 1.53. The van der Waals surface area contributed by atoms with Gasteiger partial charge in [0, 0.05) is 0 Å². The average Bonchev–Trinajstić information content (AvgIpc) is 1.82. The standard InChI is InChI=1S/C10H19/c1-7-5-8(2)10(4)9(3)6-7/h7-10H,2,5-6H2,1,3-4H3. The molecule has 1 saturated carbocycles. The Morgan fingerprint density at radius 2 is 1.70 bits per heavy atom. The summed E-state index contributed by atoms with van der Waals surface area (Å²) < 4.78 is 0. The van der Waals surface area contributed by atoms with Gasteiger partial charge in [-0.25, -0.2) is 0 Å². The molecule has 0 saturated heterocycles. The van der Waals surface area contributed by atoms with Crippen molar-refractivity contribution >= 4 is 0 Å². The maximum atomic E-state index is 4.18. The van der Waals surface area contributed by atoms with E-state index in [1.807, 2.05) is 0 Å². The van der Waals surface area contributed by atoms with Crippen molar-refractivity contribution < 1.29 is 0 Å². The first kappa shape index (κ1) is 8.10. The highest BCUT2D eigenvalue weighted by molar-refractivity contribution is 4.81. The first-order valence-electron chi connectivity index (χ1n) is 4.44. The molecule has 0 aromatic carbocycles. The van der Waals surface area contributed by atoms with Crippen LogP contribution in [0.2, 0.25) is 0 Å². The smallest absolute Gasteiger partial charge is 0.0383 e. The molecule has 0 spiro atoms. The van der Waals surface area contributed by atoms with Gasteiger partial charge in [0.1, 0.15) is 0 Å². The first-order valence-corrected chi connectivity index (χ1v) is 4.44. The summed E-state index contributed by atoms with van der Waals surface area (Å²) in [5.74, 6) is 3.36. The second kappa shape index (κ2) is 2.94. The van der Waals surface area contributed by atoms with Crippen molar-refractivity contribution in [3.8, 4) is 0 Å². The Balaban J connectivity index is 2.49. The van der Waals surface area contributed by atoms with E-state index in [1.54, 1.807) is 0 Å². The van der Waals surface area contributed by atoms with E-state index in [1.165, 1.54) is 12.8 Å². The Kier molecular flexibility index (Phi) is 2.38. The normalized spacial score (nSPS) is 49.2. The average molecular weight is 139 g/mol. The molecule has 4 unspecified atom stereocenters. The van der Waals surface area contributed by atoms with Crippen molar-refractivity contribution in [3.05, 3.63) is 6.92 Å². The van der Waals surface area contributed by atoms with Gasteiger partial charge < -0.3 is 0 Å². The number of hydrogen-bond donors (Lipinski definition) is 0. The lowest BCUT2D eigenvalue weighted by Gasteiger charge is -2.35. The maximum Gasteiger partial charge on any atom is -0.0383 e. The van der Waals surface area contributed by atoms with E-state index in [-0.39, 0.29) is 0 Å². The zero-order valence-corrected chi connectivity index (χ0v) is 7.43. The predicted octanol–water partition coefficient (Wildman–Crippen LogP) is 3.14.